The Balaban J connectivity index is 1.54. The molecule has 4 rings (SSSR count). The summed E-state index contributed by atoms with van der Waals surface area (Å²) in [6.07, 6.45) is 2.40. The van der Waals surface area contributed by atoms with Gasteiger partial charge in [0.25, 0.3) is 17.7 Å². The molecule has 0 unspecified atom stereocenters. The molecule has 1 aromatic carbocycles. The van der Waals surface area contributed by atoms with E-state index in [4.69, 9.17) is 55.9 Å². The molecule has 0 saturated carbocycles. The number of anilines is 1. The number of thiophene rings is 1. The van der Waals surface area contributed by atoms with Gasteiger partial charge in [0.1, 0.15) is 11.0 Å². The van der Waals surface area contributed by atoms with E-state index in [1.807, 2.05) is 0 Å². The number of carbonyl (C=O) groups is 5. The quantitative estimate of drug-likeness (QED) is 0.149. The Morgan fingerprint density at radius 2 is 1.61 bits per heavy atom. The van der Waals surface area contributed by atoms with Crippen molar-refractivity contribution >= 4 is 92.4 Å². The molecular weight excluding hydrogens is 638 g/mol. The number of nitrogens with zero attached hydrogens (tertiary/aromatic N) is 1. The Kier molecular flexibility index (Phi) is 9.60. The summed E-state index contributed by atoms with van der Waals surface area (Å²) in [6, 6.07) is -1.39. The number of benzene rings is 1. The minimum absolute atomic E-state index is 0.0327. The molecule has 0 radical (unpaired) electrons. The van der Waals surface area contributed by atoms with Crippen molar-refractivity contribution in [3.8, 4) is 0 Å². The molecule has 41 heavy (non-hydrogen) atoms. The van der Waals surface area contributed by atoms with Gasteiger partial charge in [-0.15, -0.1) is 11.3 Å². The van der Waals surface area contributed by atoms with Crippen LogP contribution in [0.5, 0.6) is 0 Å². The predicted octanol–water partition coefficient (Wildman–Crippen LogP) is 6.47. The van der Waals surface area contributed by atoms with Crippen LogP contribution in [0.1, 0.15) is 75.1 Å². The molecule has 2 atom stereocenters. The first-order valence-corrected chi connectivity index (χ1v) is 15.0. The molecule has 1 aliphatic heterocycles. The molecule has 2 aliphatic rings. The average Bonchev–Trinajstić information content (AvgIpc) is 3.40. The summed E-state index contributed by atoms with van der Waals surface area (Å²) in [7, 11) is 1.27. The van der Waals surface area contributed by atoms with Crippen LogP contribution in [0.25, 0.3) is 0 Å². The molecule has 0 spiro atoms. The molecule has 9 nitrogen and oxygen atoms in total. The number of hydrogen-bond donors (Lipinski definition) is 1. The third-order valence-corrected chi connectivity index (χ3v) is 9.88. The number of esters is 2. The van der Waals surface area contributed by atoms with E-state index in [1.165, 1.54) is 18.4 Å². The molecule has 2 aromatic rings. The number of amides is 3. The van der Waals surface area contributed by atoms with Crippen LogP contribution in [0.15, 0.2) is 0 Å². The van der Waals surface area contributed by atoms with E-state index in [1.54, 1.807) is 13.8 Å². The van der Waals surface area contributed by atoms with E-state index in [2.05, 4.69) is 12.2 Å². The zero-order chi connectivity index (χ0) is 30.3. The molecule has 1 aliphatic carbocycles. The highest BCUT2D eigenvalue weighted by Crippen LogP contribution is 2.45. The van der Waals surface area contributed by atoms with Crippen LogP contribution in [0, 0.1) is 11.8 Å². The topological polar surface area (TPSA) is 119 Å². The standard InChI is InChI=1S/C27H26Cl4N2O7S/c1-10(2)7-13(33-24(35)17-18(25(33)36)20(29)22(31)21(30)19(17)28)26(37)40-9-15(34)32-23-16(27(38)39-4)12-6-5-11(3)8-14(12)41-23/h10-11,13H,5-9H2,1-4H3,(H,32,34)/t11-,13+/m0/s1. The van der Waals surface area contributed by atoms with E-state index in [-0.39, 0.29) is 43.6 Å². The molecule has 1 aromatic heterocycles. The first kappa shape index (κ1) is 31.6. The molecule has 0 fully saturated rings. The van der Waals surface area contributed by atoms with Gasteiger partial charge in [-0.25, -0.2) is 9.59 Å². The Morgan fingerprint density at radius 3 is 2.15 bits per heavy atom. The molecule has 1 N–H and O–H groups in total. The van der Waals surface area contributed by atoms with E-state index in [9.17, 15) is 24.0 Å². The molecule has 0 saturated heterocycles. The average molecular weight is 664 g/mol. The lowest BCUT2D eigenvalue weighted by Crippen LogP contribution is -2.47. The third-order valence-electron chi connectivity index (χ3n) is 6.91. The van der Waals surface area contributed by atoms with Crippen molar-refractivity contribution in [3.63, 3.8) is 0 Å². The fraction of sp³-hybridized carbons (Fsp3) is 0.444. The summed E-state index contributed by atoms with van der Waals surface area (Å²) >= 11 is 25.9. The van der Waals surface area contributed by atoms with Gasteiger partial charge in [0, 0.05) is 4.88 Å². The lowest BCUT2D eigenvalue weighted by molar-refractivity contribution is -0.151. The third kappa shape index (κ3) is 5.95. The van der Waals surface area contributed by atoms with Gasteiger partial charge in [0.05, 0.1) is 43.9 Å². The van der Waals surface area contributed by atoms with Gasteiger partial charge < -0.3 is 14.8 Å². The number of halogens is 4. The van der Waals surface area contributed by atoms with Crippen molar-refractivity contribution in [1.29, 1.82) is 0 Å². The Hall–Kier alpha value is -2.37. The summed E-state index contributed by atoms with van der Waals surface area (Å²) in [5, 5.41) is 2.05. The fourth-order valence-corrected chi connectivity index (χ4v) is 7.38. The second kappa shape index (κ2) is 12.5. The highest BCUT2D eigenvalue weighted by molar-refractivity contribution is 7.17. The van der Waals surface area contributed by atoms with Crippen molar-refractivity contribution in [2.75, 3.05) is 19.0 Å². The number of imide groups is 1. The molecule has 220 valence electrons. The zero-order valence-corrected chi connectivity index (χ0v) is 26.3. The first-order chi connectivity index (χ1) is 19.3. The number of carbonyl (C=O) groups excluding carboxylic acids is 5. The minimum Gasteiger partial charge on any atom is -0.465 e. The van der Waals surface area contributed by atoms with E-state index >= 15 is 0 Å². The molecule has 3 amide bonds. The number of hydrogen-bond acceptors (Lipinski definition) is 8. The summed E-state index contributed by atoms with van der Waals surface area (Å²) in [5.41, 5.74) is 0.629. The Morgan fingerprint density at radius 1 is 1.02 bits per heavy atom. The van der Waals surface area contributed by atoms with Gasteiger partial charge in [-0.05, 0) is 43.1 Å². The molecule has 2 heterocycles. The maximum absolute atomic E-state index is 13.3. The molecular formula is C27H26Cl4N2O7S. The van der Waals surface area contributed by atoms with Crippen molar-refractivity contribution in [2.24, 2.45) is 11.8 Å². The fourth-order valence-electron chi connectivity index (χ4n) is 4.96. The highest BCUT2D eigenvalue weighted by atomic mass is 35.5. The maximum Gasteiger partial charge on any atom is 0.341 e. The second-order valence-electron chi connectivity index (χ2n) is 10.3. The smallest absolute Gasteiger partial charge is 0.341 e. The minimum atomic E-state index is -1.39. The van der Waals surface area contributed by atoms with Gasteiger partial charge in [0.2, 0.25) is 0 Å². The summed E-state index contributed by atoms with van der Waals surface area (Å²) < 4.78 is 10.2. The summed E-state index contributed by atoms with van der Waals surface area (Å²) in [4.78, 5) is 67.0. The number of nitrogens with one attached hydrogen (secondary N) is 1. The van der Waals surface area contributed by atoms with Gasteiger partial charge in [-0.1, -0.05) is 67.2 Å². The largest absolute Gasteiger partial charge is 0.465 e. The lowest BCUT2D eigenvalue weighted by atomic mass is 9.88. The van der Waals surface area contributed by atoms with Crippen molar-refractivity contribution in [2.45, 2.75) is 52.5 Å². The maximum atomic E-state index is 13.3. The monoisotopic (exact) mass is 662 g/mol. The van der Waals surface area contributed by atoms with Gasteiger partial charge in [-0.2, -0.15) is 0 Å². The lowest BCUT2D eigenvalue weighted by Gasteiger charge is -2.25. The van der Waals surface area contributed by atoms with Crippen LogP contribution in [0.2, 0.25) is 20.1 Å². The number of ether oxygens (including phenoxy) is 2. The number of rotatable bonds is 8. The van der Waals surface area contributed by atoms with Crippen LogP contribution in [-0.4, -0.2) is 54.3 Å². The van der Waals surface area contributed by atoms with Crippen LogP contribution < -0.4 is 5.32 Å². The van der Waals surface area contributed by atoms with Gasteiger partial charge in [-0.3, -0.25) is 19.3 Å². The van der Waals surface area contributed by atoms with E-state index < -0.39 is 42.3 Å². The highest BCUT2D eigenvalue weighted by Gasteiger charge is 2.47. The van der Waals surface area contributed by atoms with Gasteiger partial charge >= 0.3 is 11.9 Å². The van der Waals surface area contributed by atoms with Gasteiger partial charge in [0.15, 0.2) is 6.61 Å². The van der Waals surface area contributed by atoms with Crippen molar-refractivity contribution in [1.82, 2.24) is 4.90 Å². The Bertz CT molecular complexity index is 1430. The summed E-state index contributed by atoms with van der Waals surface area (Å²) in [6.45, 7) is 4.96. The van der Waals surface area contributed by atoms with E-state index in [0.29, 0.717) is 27.8 Å². The molecule has 14 heteroatoms. The first-order valence-electron chi connectivity index (χ1n) is 12.7. The van der Waals surface area contributed by atoms with E-state index in [0.717, 1.165) is 23.3 Å². The van der Waals surface area contributed by atoms with Crippen molar-refractivity contribution in [3.05, 3.63) is 47.2 Å². The Labute approximate surface area is 260 Å². The normalized spacial score (nSPS) is 16.9. The van der Waals surface area contributed by atoms with Crippen LogP contribution >= 0.6 is 57.7 Å². The zero-order valence-electron chi connectivity index (χ0n) is 22.5. The summed E-state index contributed by atoms with van der Waals surface area (Å²) in [5.74, 6) is -3.75. The molecule has 0 bridgehead atoms. The number of methoxy groups -OCH3 is 1. The second-order valence-corrected chi connectivity index (χ2v) is 13.0. The van der Waals surface area contributed by atoms with Crippen LogP contribution in [-0.2, 0) is 31.9 Å². The number of fused-ring (bicyclic) bond motifs is 2. The predicted molar refractivity (Wildman–Crippen MR) is 157 cm³/mol. The van der Waals surface area contributed by atoms with Crippen LogP contribution in [0.3, 0.4) is 0 Å². The SMILES string of the molecule is COC(=O)c1c(NC(=O)COC(=O)[C@@H](CC(C)C)N2C(=O)c3c(Cl)c(Cl)c(Cl)c(Cl)c3C2=O)sc2c1CC[C@H](C)C2. The van der Waals surface area contributed by atoms with Crippen LogP contribution in [0.4, 0.5) is 5.00 Å². The van der Waals surface area contributed by atoms with Crippen molar-refractivity contribution < 1.29 is 33.4 Å².